The van der Waals surface area contributed by atoms with Crippen LogP contribution in [0.5, 0.6) is 5.75 Å². The van der Waals surface area contributed by atoms with Crippen molar-refractivity contribution in [1.29, 1.82) is 5.26 Å². The van der Waals surface area contributed by atoms with E-state index in [0.29, 0.717) is 0 Å². The van der Waals surface area contributed by atoms with Crippen LogP contribution >= 0.6 is 0 Å². The largest absolute Gasteiger partial charge is 0.480 e. The fourth-order valence-corrected chi connectivity index (χ4v) is 1.41. The summed E-state index contributed by atoms with van der Waals surface area (Å²) in [5, 5.41) is 10.9. The summed E-state index contributed by atoms with van der Waals surface area (Å²) in [6.45, 7) is 2.76. The standard InChI is InChI=1S/C13H13F3N2O2/c1-8(7-17)18-12(19)9(2)20-11-6-4-3-5-10(11)13(14,15)16/h3-6,8-9H,1-2H3,(H,18,19)/t8-,9+/m0/s1. The van der Waals surface area contributed by atoms with Crippen molar-refractivity contribution in [2.24, 2.45) is 0 Å². The van der Waals surface area contributed by atoms with Crippen LogP contribution in [0.25, 0.3) is 0 Å². The lowest BCUT2D eigenvalue weighted by molar-refractivity contribution is -0.140. The molecule has 1 aromatic carbocycles. The number of alkyl halides is 3. The Morgan fingerprint density at radius 1 is 1.35 bits per heavy atom. The van der Waals surface area contributed by atoms with Gasteiger partial charge in [0.05, 0.1) is 11.6 Å². The lowest BCUT2D eigenvalue weighted by Crippen LogP contribution is -2.40. The number of ether oxygens (including phenoxy) is 1. The highest BCUT2D eigenvalue weighted by Gasteiger charge is 2.34. The molecule has 0 aromatic heterocycles. The first kappa shape index (κ1) is 15.8. The second-order valence-electron chi connectivity index (χ2n) is 4.11. The second kappa shape index (κ2) is 6.28. The topological polar surface area (TPSA) is 62.1 Å². The molecule has 0 aliphatic heterocycles. The molecule has 1 aromatic rings. The fourth-order valence-electron chi connectivity index (χ4n) is 1.41. The van der Waals surface area contributed by atoms with Crippen LogP contribution in [-0.4, -0.2) is 18.1 Å². The molecule has 20 heavy (non-hydrogen) atoms. The third kappa shape index (κ3) is 4.16. The fraction of sp³-hybridized carbons (Fsp3) is 0.385. The zero-order valence-electron chi connectivity index (χ0n) is 10.9. The smallest absolute Gasteiger partial charge is 0.419 e. The number of hydrogen-bond acceptors (Lipinski definition) is 3. The summed E-state index contributed by atoms with van der Waals surface area (Å²) < 4.78 is 43.3. The highest BCUT2D eigenvalue weighted by molar-refractivity contribution is 5.81. The molecule has 0 heterocycles. The Bertz CT molecular complexity index is 523. The lowest BCUT2D eigenvalue weighted by atomic mass is 10.2. The number of nitriles is 1. The number of benzene rings is 1. The molecule has 0 saturated carbocycles. The summed E-state index contributed by atoms with van der Waals surface area (Å²) in [5.41, 5.74) is -0.951. The molecule has 1 N–H and O–H groups in total. The zero-order valence-corrected chi connectivity index (χ0v) is 10.9. The maximum absolute atomic E-state index is 12.7. The molecule has 0 fully saturated rings. The number of halogens is 3. The molecule has 0 unspecified atom stereocenters. The maximum atomic E-state index is 12.7. The SMILES string of the molecule is C[C@@H](C#N)NC(=O)[C@@H](C)Oc1ccccc1C(F)(F)F. The number of nitrogens with zero attached hydrogens (tertiary/aromatic N) is 1. The monoisotopic (exact) mass is 286 g/mol. The van der Waals surface area contributed by atoms with E-state index < -0.39 is 35.5 Å². The Morgan fingerprint density at radius 3 is 2.50 bits per heavy atom. The molecule has 108 valence electrons. The van der Waals surface area contributed by atoms with Crippen molar-refractivity contribution in [2.75, 3.05) is 0 Å². The van der Waals surface area contributed by atoms with Gasteiger partial charge in [-0.05, 0) is 26.0 Å². The maximum Gasteiger partial charge on any atom is 0.419 e. The molecular weight excluding hydrogens is 273 g/mol. The van der Waals surface area contributed by atoms with Crippen molar-refractivity contribution in [2.45, 2.75) is 32.2 Å². The normalized spacial score (nSPS) is 14.0. The van der Waals surface area contributed by atoms with Gasteiger partial charge in [-0.25, -0.2) is 0 Å². The summed E-state index contributed by atoms with van der Waals surface area (Å²) in [7, 11) is 0. The molecule has 0 spiro atoms. The van der Waals surface area contributed by atoms with Gasteiger partial charge in [-0.3, -0.25) is 4.79 Å². The average molecular weight is 286 g/mol. The first-order valence-corrected chi connectivity index (χ1v) is 5.78. The van der Waals surface area contributed by atoms with Crippen molar-refractivity contribution < 1.29 is 22.7 Å². The summed E-state index contributed by atoms with van der Waals surface area (Å²) in [6, 6.07) is 5.67. The van der Waals surface area contributed by atoms with Gasteiger partial charge in [-0.15, -0.1) is 0 Å². The van der Waals surface area contributed by atoms with E-state index >= 15 is 0 Å². The van der Waals surface area contributed by atoms with Crippen molar-refractivity contribution in [3.63, 3.8) is 0 Å². The van der Waals surface area contributed by atoms with E-state index in [4.69, 9.17) is 10.00 Å². The van der Waals surface area contributed by atoms with E-state index in [1.54, 1.807) is 6.07 Å². The molecule has 4 nitrogen and oxygen atoms in total. The van der Waals surface area contributed by atoms with Gasteiger partial charge >= 0.3 is 6.18 Å². The number of nitrogens with one attached hydrogen (secondary N) is 1. The molecule has 1 amide bonds. The van der Waals surface area contributed by atoms with Crippen molar-refractivity contribution >= 4 is 5.91 Å². The Kier molecular flexibility index (Phi) is 4.97. The first-order chi connectivity index (χ1) is 9.25. The number of carbonyl (C=O) groups is 1. The predicted octanol–water partition coefficient (Wildman–Crippen LogP) is 2.50. The summed E-state index contributed by atoms with van der Waals surface area (Å²) in [4.78, 5) is 11.6. The summed E-state index contributed by atoms with van der Waals surface area (Å²) in [5.74, 6) is -1.08. The van der Waals surface area contributed by atoms with Crippen LogP contribution in [0.3, 0.4) is 0 Å². The highest BCUT2D eigenvalue weighted by Crippen LogP contribution is 2.36. The second-order valence-corrected chi connectivity index (χ2v) is 4.11. The van der Waals surface area contributed by atoms with Crippen LogP contribution < -0.4 is 10.1 Å². The van der Waals surface area contributed by atoms with Gasteiger partial charge in [0.2, 0.25) is 0 Å². The molecule has 0 bridgehead atoms. The van der Waals surface area contributed by atoms with Gasteiger partial charge in [0.25, 0.3) is 5.91 Å². The van der Waals surface area contributed by atoms with Gasteiger partial charge in [-0.2, -0.15) is 18.4 Å². The molecular formula is C13H13F3N2O2. The van der Waals surface area contributed by atoms with E-state index in [0.717, 1.165) is 12.1 Å². The number of rotatable bonds is 4. The zero-order chi connectivity index (χ0) is 15.3. The summed E-state index contributed by atoms with van der Waals surface area (Å²) in [6.07, 6.45) is -5.71. The quantitative estimate of drug-likeness (QED) is 0.925. The summed E-state index contributed by atoms with van der Waals surface area (Å²) >= 11 is 0. The van der Waals surface area contributed by atoms with Gasteiger partial charge in [0.15, 0.2) is 6.10 Å². The van der Waals surface area contributed by atoms with Crippen LogP contribution in [0, 0.1) is 11.3 Å². The minimum atomic E-state index is -4.56. The Hall–Kier alpha value is -2.23. The Labute approximate surface area is 114 Å². The van der Waals surface area contributed by atoms with Crippen molar-refractivity contribution in [3.8, 4) is 11.8 Å². The van der Waals surface area contributed by atoms with Gasteiger partial charge in [-0.1, -0.05) is 12.1 Å². The van der Waals surface area contributed by atoms with Gasteiger partial charge in [0.1, 0.15) is 11.8 Å². The van der Waals surface area contributed by atoms with Crippen molar-refractivity contribution in [3.05, 3.63) is 29.8 Å². The van der Waals surface area contributed by atoms with Crippen LogP contribution in [-0.2, 0) is 11.0 Å². The molecule has 0 aliphatic carbocycles. The number of carbonyl (C=O) groups excluding carboxylic acids is 1. The van der Waals surface area contributed by atoms with Crippen LogP contribution in [0.4, 0.5) is 13.2 Å². The van der Waals surface area contributed by atoms with E-state index in [1.807, 2.05) is 0 Å². The number of para-hydroxylation sites is 1. The van der Waals surface area contributed by atoms with Crippen LogP contribution in [0.15, 0.2) is 24.3 Å². The number of hydrogen-bond donors (Lipinski definition) is 1. The first-order valence-electron chi connectivity index (χ1n) is 5.78. The molecule has 0 radical (unpaired) electrons. The average Bonchev–Trinajstić information content (AvgIpc) is 2.37. The third-order valence-corrected chi connectivity index (χ3v) is 2.42. The minimum Gasteiger partial charge on any atom is -0.480 e. The Morgan fingerprint density at radius 2 is 1.95 bits per heavy atom. The van der Waals surface area contributed by atoms with Gasteiger partial charge in [0, 0.05) is 0 Å². The minimum absolute atomic E-state index is 0.424. The highest BCUT2D eigenvalue weighted by atomic mass is 19.4. The lowest BCUT2D eigenvalue weighted by Gasteiger charge is -2.18. The molecule has 0 saturated heterocycles. The molecule has 2 atom stereocenters. The van der Waals surface area contributed by atoms with E-state index in [-0.39, 0.29) is 0 Å². The molecule has 0 aliphatic rings. The van der Waals surface area contributed by atoms with Crippen molar-refractivity contribution in [1.82, 2.24) is 5.32 Å². The van der Waals surface area contributed by atoms with E-state index in [1.165, 1.54) is 26.0 Å². The van der Waals surface area contributed by atoms with Crippen LogP contribution in [0.1, 0.15) is 19.4 Å². The molecule has 7 heteroatoms. The Balaban J connectivity index is 2.84. The molecule has 1 rings (SSSR count). The van der Waals surface area contributed by atoms with Crippen LogP contribution in [0.2, 0.25) is 0 Å². The van der Waals surface area contributed by atoms with E-state index in [9.17, 15) is 18.0 Å². The predicted molar refractivity (Wildman–Crippen MR) is 64.8 cm³/mol. The van der Waals surface area contributed by atoms with E-state index in [2.05, 4.69) is 5.32 Å². The number of amides is 1. The van der Waals surface area contributed by atoms with Gasteiger partial charge < -0.3 is 10.1 Å². The third-order valence-electron chi connectivity index (χ3n) is 2.42.